The van der Waals surface area contributed by atoms with E-state index in [1.165, 1.54) is 11.1 Å². The Morgan fingerprint density at radius 2 is 2.06 bits per heavy atom. The summed E-state index contributed by atoms with van der Waals surface area (Å²) in [7, 11) is 0. The van der Waals surface area contributed by atoms with Gasteiger partial charge in [-0.15, -0.1) is 0 Å². The van der Waals surface area contributed by atoms with Crippen LogP contribution in [0.2, 0.25) is 0 Å². The van der Waals surface area contributed by atoms with Gasteiger partial charge in [-0.25, -0.2) is 0 Å². The minimum Gasteiger partial charge on any atom is -0.360 e. The number of nitrogens with zero attached hydrogens (tertiary/aromatic N) is 3. The topological polar surface area (TPSA) is 54.8 Å². The molecular weight excluding hydrogens is 390 g/mol. The second-order valence-electron chi connectivity index (χ2n) is 9.47. The summed E-state index contributed by atoms with van der Waals surface area (Å²) in [6.45, 7) is 7.32. The molecular formula is C25H27N3O3. The third-order valence-electron chi connectivity index (χ3n) is 7.61. The Bertz CT molecular complexity index is 1120. The molecule has 31 heavy (non-hydrogen) atoms. The highest BCUT2D eigenvalue weighted by Crippen LogP contribution is 2.52. The van der Waals surface area contributed by atoms with Crippen LogP contribution in [0, 0.1) is 25.7 Å². The van der Waals surface area contributed by atoms with Crippen LogP contribution in [0.3, 0.4) is 0 Å². The first-order valence-corrected chi connectivity index (χ1v) is 11.1. The van der Waals surface area contributed by atoms with E-state index in [9.17, 15) is 9.59 Å². The molecule has 160 valence electrons. The van der Waals surface area contributed by atoms with Crippen molar-refractivity contribution < 1.29 is 14.3 Å². The maximum Gasteiger partial charge on any atom is 0.230 e. The van der Waals surface area contributed by atoms with Crippen LogP contribution in [0.25, 0.3) is 0 Å². The molecule has 1 aromatic heterocycles. The van der Waals surface area contributed by atoms with E-state index >= 15 is 0 Å². The molecule has 4 aliphatic heterocycles. The SMILES string of the molecule is Cc1ccc(CN2C[C@]34C=C[C@H](O3)[C@@H](C(=O)N3CCn5cccc5C3)[C@H]4C2=O)cc1C. The number of ether oxygens (including phenoxy) is 1. The molecule has 0 saturated carbocycles. The molecule has 5 heterocycles. The minimum atomic E-state index is -0.655. The standard InChI is InChI=1S/C25H27N3O3/c1-16-5-6-18(12-17(16)2)13-28-15-25-8-7-20(31-25)21(22(25)24(28)30)23(29)27-11-10-26-9-3-4-19(26)14-27/h3-9,12,20-22H,10-11,13-15H2,1-2H3/t20-,21+,22-,25-/m0/s1. The van der Waals surface area contributed by atoms with Gasteiger partial charge in [0.15, 0.2) is 0 Å². The molecule has 6 nitrogen and oxygen atoms in total. The van der Waals surface area contributed by atoms with Gasteiger partial charge in [0.2, 0.25) is 11.8 Å². The molecule has 0 N–H and O–H groups in total. The van der Waals surface area contributed by atoms with E-state index in [1.807, 2.05) is 28.0 Å². The van der Waals surface area contributed by atoms with E-state index in [0.717, 1.165) is 17.8 Å². The van der Waals surface area contributed by atoms with E-state index in [-0.39, 0.29) is 17.9 Å². The fourth-order valence-electron chi connectivity index (χ4n) is 5.83. The number of benzene rings is 1. The molecule has 2 aromatic rings. The first-order chi connectivity index (χ1) is 14.9. The molecule has 0 unspecified atom stereocenters. The summed E-state index contributed by atoms with van der Waals surface area (Å²) in [4.78, 5) is 30.9. The smallest absolute Gasteiger partial charge is 0.230 e. The van der Waals surface area contributed by atoms with Gasteiger partial charge in [-0.05, 0) is 42.7 Å². The van der Waals surface area contributed by atoms with Crippen LogP contribution in [-0.4, -0.2) is 51.0 Å². The predicted molar refractivity (Wildman–Crippen MR) is 115 cm³/mol. The first-order valence-electron chi connectivity index (χ1n) is 11.1. The van der Waals surface area contributed by atoms with Gasteiger partial charge in [0.1, 0.15) is 5.60 Å². The van der Waals surface area contributed by atoms with Crippen molar-refractivity contribution in [2.45, 2.75) is 45.2 Å². The quantitative estimate of drug-likeness (QED) is 0.721. The Balaban J connectivity index is 1.25. The Morgan fingerprint density at radius 1 is 1.19 bits per heavy atom. The first kappa shape index (κ1) is 18.9. The van der Waals surface area contributed by atoms with Crippen LogP contribution < -0.4 is 0 Å². The molecule has 1 spiro atoms. The van der Waals surface area contributed by atoms with Crippen molar-refractivity contribution in [2.24, 2.45) is 11.8 Å². The number of hydrogen-bond donors (Lipinski definition) is 0. The molecule has 1 aromatic carbocycles. The molecule has 2 amide bonds. The summed E-state index contributed by atoms with van der Waals surface area (Å²) in [6.07, 6.45) is 5.80. The van der Waals surface area contributed by atoms with Gasteiger partial charge in [0.05, 0.1) is 31.0 Å². The van der Waals surface area contributed by atoms with E-state index in [4.69, 9.17) is 4.74 Å². The van der Waals surface area contributed by atoms with Gasteiger partial charge < -0.3 is 19.1 Å². The molecule has 4 atom stereocenters. The number of aromatic nitrogens is 1. The van der Waals surface area contributed by atoms with Crippen molar-refractivity contribution >= 4 is 11.8 Å². The van der Waals surface area contributed by atoms with Crippen LogP contribution in [0.4, 0.5) is 0 Å². The van der Waals surface area contributed by atoms with Gasteiger partial charge >= 0.3 is 0 Å². The average molecular weight is 418 g/mol. The summed E-state index contributed by atoms with van der Waals surface area (Å²) in [6, 6.07) is 10.4. The molecule has 4 aliphatic rings. The fraction of sp³-hybridized carbons (Fsp3) is 0.440. The molecule has 2 fully saturated rings. The summed E-state index contributed by atoms with van der Waals surface area (Å²) >= 11 is 0. The Labute approximate surface area is 182 Å². The predicted octanol–water partition coefficient (Wildman–Crippen LogP) is 2.43. The molecule has 2 saturated heterocycles. The van der Waals surface area contributed by atoms with Crippen LogP contribution in [0.15, 0.2) is 48.7 Å². The van der Waals surface area contributed by atoms with Gasteiger partial charge in [-0.1, -0.05) is 30.4 Å². The highest BCUT2D eigenvalue weighted by Gasteiger charge is 2.67. The largest absolute Gasteiger partial charge is 0.360 e. The zero-order valence-electron chi connectivity index (χ0n) is 18.0. The Kier molecular flexibility index (Phi) is 4.00. The number of carbonyl (C=O) groups is 2. The number of rotatable bonds is 3. The van der Waals surface area contributed by atoms with Crippen LogP contribution in [0.5, 0.6) is 0 Å². The number of aryl methyl sites for hydroxylation is 2. The lowest BCUT2D eigenvalue weighted by Crippen LogP contribution is -2.48. The Morgan fingerprint density at radius 3 is 2.90 bits per heavy atom. The maximum atomic E-state index is 13.6. The lowest BCUT2D eigenvalue weighted by Gasteiger charge is -2.33. The molecule has 6 rings (SSSR count). The number of likely N-dealkylation sites (tertiary alicyclic amines) is 1. The van der Waals surface area contributed by atoms with Gasteiger partial charge in [-0.2, -0.15) is 0 Å². The van der Waals surface area contributed by atoms with Crippen molar-refractivity contribution in [2.75, 3.05) is 13.1 Å². The van der Waals surface area contributed by atoms with Crippen molar-refractivity contribution in [1.29, 1.82) is 0 Å². The van der Waals surface area contributed by atoms with Crippen molar-refractivity contribution in [3.05, 3.63) is 71.1 Å². The van der Waals surface area contributed by atoms with Crippen molar-refractivity contribution in [3.63, 3.8) is 0 Å². The summed E-state index contributed by atoms with van der Waals surface area (Å²) in [5.41, 5.74) is 4.07. The van der Waals surface area contributed by atoms with Gasteiger partial charge in [0, 0.05) is 31.5 Å². The summed E-state index contributed by atoms with van der Waals surface area (Å²) < 4.78 is 8.51. The van der Waals surface area contributed by atoms with Crippen molar-refractivity contribution in [3.8, 4) is 0 Å². The third kappa shape index (κ3) is 2.74. The number of carbonyl (C=O) groups excluding carboxylic acids is 2. The highest BCUT2D eigenvalue weighted by atomic mass is 16.5. The zero-order valence-corrected chi connectivity index (χ0v) is 18.0. The number of hydrogen-bond acceptors (Lipinski definition) is 3. The minimum absolute atomic E-state index is 0.0452. The van der Waals surface area contributed by atoms with Crippen molar-refractivity contribution in [1.82, 2.24) is 14.4 Å². The van der Waals surface area contributed by atoms with Gasteiger partial charge in [0.25, 0.3) is 0 Å². The van der Waals surface area contributed by atoms with E-state index in [0.29, 0.717) is 26.2 Å². The summed E-state index contributed by atoms with van der Waals surface area (Å²) in [5, 5.41) is 0. The molecule has 6 heteroatoms. The number of fused-ring (bicyclic) bond motifs is 2. The maximum absolute atomic E-state index is 13.6. The van der Waals surface area contributed by atoms with Crippen LogP contribution >= 0.6 is 0 Å². The molecule has 0 radical (unpaired) electrons. The normalized spacial score (nSPS) is 30.8. The second kappa shape index (κ2) is 6.57. The van der Waals surface area contributed by atoms with E-state index in [2.05, 4.69) is 48.9 Å². The van der Waals surface area contributed by atoms with Crippen LogP contribution in [-0.2, 0) is 34.0 Å². The highest BCUT2D eigenvalue weighted by molar-refractivity contribution is 5.93. The number of amides is 2. The Hall–Kier alpha value is -2.86. The van der Waals surface area contributed by atoms with Crippen LogP contribution in [0.1, 0.15) is 22.4 Å². The average Bonchev–Trinajstić information content (AvgIpc) is 3.51. The summed E-state index contributed by atoms with van der Waals surface area (Å²) in [5.74, 6) is -0.752. The lowest BCUT2D eigenvalue weighted by molar-refractivity contribution is -0.144. The molecule has 0 aliphatic carbocycles. The lowest BCUT2D eigenvalue weighted by atomic mass is 9.76. The molecule has 2 bridgehead atoms. The van der Waals surface area contributed by atoms with E-state index < -0.39 is 17.4 Å². The zero-order chi connectivity index (χ0) is 21.3. The van der Waals surface area contributed by atoms with Gasteiger partial charge in [-0.3, -0.25) is 9.59 Å². The fourth-order valence-corrected chi connectivity index (χ4v) is 5.83. The second-order valence-corrected chi connectivity index (χ2v) is 9.47. The third-order valence-corrected chi connectivity index (χ3v) is 7.61. The monoisotopic (exact) mass is 417 g/mol. The van der Waals surface area contributed by atoms with E-state index in [1.54, 1.807) is 0 Å².